The molecule has 0 aliphatic carbocycles. The Labute approximate surface area is 108 Å². The van der Waals surface area contributed by atoms with E-state index in [1.54, 1.807) is 11.9 Å². The van der Waals surface area contributed by atoms with Gasteiger partial charge in [0, 0.05) is 6.54 Å². The fraction of sp³-hybridized carbons (Fsp3) is 0.833. The van der Waals surface area contributed by atoms with Crippen molar-refractivity contribution in [3.05, 3.63) is 0 Å². The third-order valence-electron chi connectivity index (χ3n) is 2.42. The van der Waals surface area contributed by atoms with Crippen molar-refractivity contribution in [1.29, 1.82) is 0 Å². The number of rotatable bonds is 8. The number of methoxy groups -OCH3 is 1. The normalized spacial score (nSPS) is 12.6. The Morgan fingerprint density at radius 1 is 1.39 bits per heavy atom. The van der Waals surface area contributed by atoms with Crippen molar-refractivity contribution in [1.82, 2.24) is 10.2 Å². The molecule has 0 aliphatic rings. The summed E-state index contributed by atoms with van der Waals surface area (Å²) in [5.41, 5.74) is 0. The Hall–Kier alpha value is -1.14. The average molecular weight is 260 g/mol. The summed E-state index contributed by atoms with van der Waals surface area (Å²) in [6.45, 7) is 4.50. The Kier molecular flexibility index (Phi) is 8.32. The Balaban J connectivity index is 4.30. The number of likely N-dealkylation sites (N-methyl/N-ethyl adjacent to an activating group) is 1. The van der Waals surface area contributed by atoms with Crippen LogP contribution in [0.1, 0.15) is 20.3 Å². The lowest BCUT2D eigenvalue weighted by Crippen LogP contribution is -2.46. The van der Waals surface area contributed by atoms with Crippen LogP contribution in [0.15, 0.2) is 0 Å². The van der Waals surface area contributed by atoms with Gasteiger partial charge >= 0.3 is 5.97 Å². The number of ether oxygens (including phenoxy) is 1. The Bertz CT molecular complexity index is 269. The van der Waals surface area contributed by atoms with E-state index in [-0.39, 0.29) is 25.0 Å². The summed E-state index contributed by atoms with van der Waals surface area (Å²) < 4.78 is 4.66. The zero-order valence-electron chi connectivity index (χ0n) is 11.6. The van der Waals surface area contributed by atoms with Gasteiger partial charge in [-0.15, -0.1) is 0 Å². The average Bonchev–Trinajstić information content (AvgIpc) is 2.26. The third kappa shape index (κ3) is 7.24. The first kappa shape index (κ1) is 16.9. The molecule has 106 valence electrons. The monoisotopic (exact) mass is 260 g/mol. The van der Waals surface area contributed by atoms with Gasteiger partial charge in [-0.25, -0.2) is 4.79 Å². The quantitative estimate of drug-likeness (QED) is 0.581. The number of aliphatic hydroxyl groups is 1. The van der Waals surface area contributed by atoms with E-state index in [4.69, 9.17) is 5.11 Å². The van der Waals surface area contributed by atoms with Gasteiger partial charge < -0.3 is 15.2 Å². The minimum Gasteiger partial charge on any atom is -0.467 e. The molecule has 0 saturated carbocycles. The van der Waals surface area contributed by atoms with Crippen molar-refractivity contribution in [2.75, 3.05) is 33.9 Å². The Morgan fingerprint density at radius 3 is 2.44 bits per heavy atom. The highest BCUT2D eigenvalue weighted by atomic mass is 16.5. The van der Waals surface area contributed by atoms with Gasteiger partial charge in [-0.2, -0.15) is 0 Å². The molecule has 0 aliphatic heterocycles. The Morgan fingerprint density at radius 2 is 2.00 bits per heavy atom. The van der Waals surface area contributed by atoms with E-state index in [9.17, 15) is 9.59 Å². The first-order valence-electron chi connectivity index (χ1n) is 6.07. The van der Waals surface area contributed by atoms with E-state index < -0.39 is 12.0 Å². The second kappa shape index (κ2) is 8.88. The third-order valence-corrected chi connectivity index (χ3v) is 2.42. The van der Waals surface area contributed by atoms with E-state index in [1.807, 2.05) is 13.8 Å². The van der Waals surface area contributed by atoms with E-state index in [0.717, 1.165) is 0 Å². The summed E-state index contributed by atoms with van der Waals surface area (Å²) in [4.78, 5) is 24.9. The van der Waals surface area contributed by atoms with Crippen molar-refractivity contribution in [2.24, 2.45) is 5.92 Å². The molecule has 2 N–H and O–H groups in total. The number of hydrogen-bond acceptors (Lipinski definition) is 5. The molecule has 1 unspecified atom stereocenters. The highest BCUT2D eigenvalue weighted by molar-refractivity contribution is 5.85. The van der Waals surface area contributed by atoms with Crippen LogP contribution in [0.25, 0.3) is 0 Å². The molecule has 0 radical (unpaired) electrons. The van der Waals surface area contributed by atoms with Crippen LogP contribution in [0.2, 0.25) is 0 Å². The number of esters is 1. The van der Waals surface area contributed by atoms with Crippen molar-refractivity contribution in [3.8, 4) is 0 Å². The molecule has 18 heavy (non-hydrogen) atoms. The maximum Gasteiger partial charge on any atom is 0.328 e. The zero-order chi connectivity index (χ0) is 14.1. The van der Waals surface area contributed by atoms with Crippen LogP contribution in [0, 0.1) is 5.92 Å². The second-order valence-corrected chi connectivity index (χ2v) is 4.73. The summed E-state index contributed by atoms with van der Waals surface area (Å²) in [6.07, 6.45) is 0.544. The topological polar surface area (TPSA) is 78.9 Å². The van der Waals surface area contributed by atoms with Crippen LogP contribution in [0.3, 0.4) is 0 Å². The lowest BCUT2D eigenvalue weighted by molar-refractivity contribution is -0.145. The van der Waals surface area contributed by atoms with Crippen molar-refractivity contribution in [2.45, 2.75) is 26.3 Å². The van der Waals surface area contributed by atoms with Gasteiger partial charge in [-0.05, 0) is 19.4 Å². The van der Waals surface area contributed by atoms with E-state index in [2.05, 4.69) is 10.1 Å². The summed E-state index contributed by atoms with van der Waals surface area (Å²) in [5.74, 6) is -0.395. The number of aliphatic hydroxyl groups excluding tert-OH is 1. The predicted molar refractivity (Wildman–Crippen MR) is 68.0 cm³/mol. The summed E-state index contributed by atoms with van der Waals surface area (Å²) >= 11 is 0. The molecule has 0 saturated heterocycles. The fourth-order valence-corrected chi connectivity index (χ4v) is 1.56. The number of carbonyl (C=O) groups is 2. The molecule has 0 bridgehead atoms. The van der Waals surface area contributed by atoms with Gasteiger partial charge in [0.05, 0.1) is 20.3 Å². The minimum atomic E-state index is -0.606. The highest BCUT2D eigenvalue weighted by Crippen LogP contribution is 2.06. The summed E-state index contributed by atoms with van der Waals surface area (Å²) in [6, 6.07) is -0.606. The lowest BCUT2D eigenvalue weighted by atomic mass is 10.0. The van der Waals surface area contributed by atoms with Crippen molar-refractivity contribution in [3.63, 3.8) is 0 Å². The molecule has 0 aromatic carbocycles. The summed E-state index contributed by atoms with van der Waals surface area (Å²) in [5, 5.41) is 11.4. The first-order valence-corrected chi connectivity index (χ1v) is 6.07. The molecule has 6 heteroatoms. The smallest absolute Gasteiger partial charge is 0.328 e. The predicted octanol–water partition coefficient (Wildman–Crippen LogP) is -0.386. The maximum absolute atomic E-state index is 11.7. The molecular formula is C12H24N2O4. The van der Waals surface area contributed by atoms with Crippen LogP contribution in [0.4, 0.5) is 0 Å². The molecule has 0 aromatic heterocycles. The van der Waals surface area contributed by atoms with E-state index in [0.29, 0.717) is 13.0 Å². The van der Waals surface area contributed by atoms with Gasteiger partial charge in [-0.3, -0.25) is 9.69 Å². The highest BCUT2D eigenvalue weighted by Gasteiger charge is 2.22. The van der Waals surface area contributed by atoms with E-state index >= 15 is 0 Å². The molecule has 0 spiro atoms. The molecule has 1 amide bonds. The number of nitrogens with one attached hydrogen (secondary N) is 1. The van der Waals surface area contributed by atoms with Crippen molar-refractivity contribution < 1.29 is 19.4 Å². The second-order valence-electron chi connectivity index (χ2n) is 4.73. The molecule has 1 atom stereocenters. The van der Waals surface area contributed by atoms with Crippen LogP contribution in [-0.2, 0) is 14.3 Å². The van der Waals surface area contributed by atoms with Gasteiger partial charge in [0.2, 0.25) is 5.91 Å². The van der Waals surface area contributed by atoms with Crippen LogP contribution in [0.5, 0.6) is 0 Å². The molecule has 6 nitrogen and oxygen atoms in total. The SMILES string of the molecule is COC(=O)C(CC(C)C)NC(=O)CN(C)CCO. The molecule has 0 aromatic rings. The largest absolute Gasteiger partial charge is 0.467 e. The van der Waals surface area contributed by atoms with Crippen LogP contribution >= 0.6 is 0 Å². The zero-order valence-corrected chi connectivity index (χ0v) is 11.6. The standard InChI is InChI=1S/C12H24N2O4/c1-9(2)7-10(12(17)18-4)13-11(16)8-14(3)5-6-15/h9-10,15H,5-8H2,1-4H3,(H,13,16). The minimum absolute atomic E-state index is 0.00377. The van der Waals surface area contributed by atoms with Gasteiger partial charge in [-0.1, -0.05) is 13.8 Å². The summed E-state index contributed by atoms with van der Waals surface area (Å²) in [7, 11) is 3.03. The van der Waals surface area contributed by atoms with Crippen molar-refractivity contribution >= 4 is 11.9 Å². The first-order chi connectivity index (χ1) is 8.40. The van der Waals surface area contributed by atoms with Gasteiger partial charge in [0.25, 0.3) is 0 Å². The number of amides is 1. The number of carbonyl (C=O) groups excluding carboxylic acids is 2. The number of hydrogen-bond donors (Lipinski definition) is 2. The van der Waals surface area contributed by atoms with Crippen LogP contribution < -0.4 is 5.32 Å². The van der Waals surface area contributed by atoms with E-state index in [1.165, 1.54) is 7.11 Å². The lowest BCUT2D eigenvalue weighted by Gasteiger charge is -2.20. The molecule has 0 heterocycles. The molecular weight excluding hydrogens is 236 g/mol. The van der Waals surface area contributed by atoms with Gasteiger partial charge in [0.15, 0.2) is 0 Å². The van der Waals surface area contributed by atoms with Crippen LogP contribution in [-0.4, -0.2) is 61.8 Å². The number of nitrogens with zero attached hydrogens (tertiary/aromatic N) is 1. The molecule has 0 rings (SSSR count). The maximum atomic E-state index is 11.7. The molecule has 0 fully saturated rings. The fourth-order valence-electron chi connectivity index (χ4n) is 1.56. The van der Waals surface area contributed by atoms with Gasteiger partial charge in [0.1, 0.15) is 6.04 Å².